The van der Waals surface area contributed by atoms with Crippen LogP contribution in [0.3, 0.4) is 0 Å². The number of anilines is 2. The number of thiocarbonyl (C=S) groups is 1. The van der Waals surface area contributed by atoms with Gasteiger partial charge in [-0.15, -0.1) is 0 Å². The molecule has 1 fully saturated rings. The van der Waals surface area contributed by atoms with Gasteiger partial charge in [0.2, 0.25) is 5.91 Å². The molecule has 0 spiro atoms. The lowest BCUT2D eigenvalue weighted by molar-refractivity contribution is -0.114. The van der Waals surface area contributed by atoms with Gasteiger partial charge in [0.1, 0.15) is 11.9 Å². The van der Waals surface area contributed by atoms with E-state index in [9.17, 15) is 14.0 Å². The molecule has 164 valence electrons. The van der Waals surface area contributed by atoms with Gasteiger partial charge in [0, 0.05) is 32.8 Å². The Morgan fingerprint density at radius 1 is 1.29 bits per heavy atom. The Morgan fingerprint density at radius 3 is 2.61 bits per heavy atom. The molecule has 1 atom stereocenters. The molecule has 1 aliphatic rings. The van der Waals surface area contributed by atoms with Crippen molar-refractivity contribution in [2.24, 2.45) is 0 Å². The second-order valence-electron chi connectivity index (χ2n) is 7.12. The van der Waals surface area contributed by atoms with Crippen molar-refractivity contribution in [1.29, 1.82) is 0 Å². The summed E-state index contributed by atoms with van der Waals surface area (Å²) < 4.78 is 25.5. The van der Waals surface area contributed by atoms with Gasteiger partial charge in [-0.05, 0) is 48.6 Å². The third kappa shape index (κ3) is 5.82. The first kappa shape index (κ1) is 22.3. The Hall–Kier alpha value is -3.40. The fourth-order valence-electron chi connectivity index (χ4n) is 2.87. The number of nitrogens with zero attached hydrogens (tertiary/aromatic N) is 2. The number of cyclic esters (lactones) is 1. The van der Waals surface area contributed by atoms with E-state index in [0.29, 0.717) is 28.8 Å². The first-order valence-electron chi connectivity index (χ1n) is 9.51. The number of halogens is 1. The number of hydrogen-bond acceptors (Lipinski definition) is 5. The van der Waals surface area contributed by atoms with Crippen molar-refractivity contribution >= 4 is 40.7 Å². The fourth-order valence-corrected chi connectivity index (χ4v) is 2.96. The minimum atomic E-state index is -0.619. The van der Waals surface area contributed by atoms with E-state index >= 15 is 0 Å². The summed E-state index contributed by atoms with van der Waals surface area (Å²) in [6.45, 7) is 2.04. The molecule has 2 amide bonds. The zero-order valence-corrected chi connectivity index (χ0v) is 18.2. The second kappa shape index (κ2) is 9.61. The number of rotatable bonds is 6. The number of carbonyl (C=O) groups excluding carboxylic acids is 2. The van der Waals surface area contributed by atoms with Crippen LogP contribution in [0.15, 0.2) is 42.5 Å². The summed E-state index contributed by atoms with van der Waals surface area (Å²) in [5.41, 5.74) is 0.979. The van der Waals surface area contributed by atoms with Crippen LogP contribution >= 0.6 is 12.2 Å². The standard InChI is InChI=1S/C21H23FN4O4S/c1-13(27)24-14-4-7-16(8-5-14)29-19-9-6-15(10-18(19)22)26-12-17(30-21(26)28)11-23-20(31)25(2)3/h4-10,17H,11-12H2,1-3H3,(H,23,31)(H,24,27)/t17-/m0/s1. The Labute approximate surface area is 184 Å². The predicted molar refractivity (Wildman–Crippen MR) is 119 cm³/mol. The molecule has 0 radical (unpaired) electrons. The van der Waals surface area contributed by atoms with E-state index in [0.717, 1.165) is 0 Å². The quantitative estimate of drug-likeness (QED) is 0.659. The van der Waals surface area contributed by atoms with Crippen LogP contribution in [-0.4, -0.2) is 55.3 Å². The Balaban J connectivity index is 1.63. The molecule has 0 unspecified atom stereocenters. The van der Waals surface area contributed by atoms with Crippen LogP contribution in [0.2, 0.25) is 0 Å². The Bertz CT molecular complexity index is 984. The number of carbonyl (C=O) groups is 2. The van der Waals surface area contributed by atoms with Crippen LogP contribution in [0.4, 0.5) is 20.6 Å². The number of amides is 2. The molecule has 1 heterocycles. The van der Waals surface area contributed by atoms with E-state index in [1.165, 1.54) is 24.0 Å². The van der Waals surface area contributed by atoms with Gasteiger partial charge >= 0.3 is 6.09 Å². The van der Waals surface area contributed by atoms with Gasteiger partial charge in [0.25, 0.3) is 0 Å². The molecule has 0 aromatic heterocycles. The number of ether oxygens (including phenoxy) is 2. The molecule has 2 N–H and O–H groups in total. The van der Waals surface area contributed by atoms with Crippen LogP contribution in [0.25, 0.3) is 0 Å². The molecule has 1 aliphatic heterocycles. The van der Waals surface area contributed by atoms with Crippen molar-refractivity contribution in [3.63, 3.8) is 0 Å². The number of benzene rings is 2. The van der Waals surface area contributed by atoms with Crippen LogP contribution in [0, 0.1) is 5.82 Å². The monoisotopic (exact) mass is 446 g/mol. The minimum absolute atomic E-state index is 0.0122. The summed E-state index contributed by atoms with van der Waals surface area (Å²) in [6.07, 6.45) is -0.962. The second-order valence-corrected chi connectivity index (χ2v) is 7.51. The molecule has 0 saturated carbocycles. The van der Waals surface area contributed by atoms with Gasteiger partial charge in [-0.2, -0.15) is 0 Å². The van der Waals surface area contributed by atoms with Crippen LogP contribution in [-0.2, 0) is 9.53 Å². The average molecular weight is 447 g/mol. The maximum atomic E-state index is 14.6. The molecule has 8 nitrogen and oxygen atoms in total. The van der Waals surface area contributed by atoms with E-state index in [4.69, 9.17) is 21.7 Å². The molecule has 0 aliphatic carbocycles. The topological polar surface area (TPSA) is 83.1 Å². The third-order valence-electron chi connectivity index (χ3n) is 4.39. The highest BCUT2D eigenvalue weighted by Crippen LogP contribution is 2.30. The molecule has 31 heavy (non-hydrogen) atoms. The summed E-state index contributed by atoms with van der Waals surface area (Å²) in [5, 5.41) is 6.19. The Morgan fingerprint density at radius 2 is 2.00 bits per heavy atom. The normalized spacial score (nSPS) is 15.3. The van der Waals surface area contributed by atoms with Gasteiger partial charge < -0.3 is 25.0 Å². The summed E-state index contributed by atoms with van der Waals surface area (Å²) in [7, 11) is 3.62. The van der Waals surface area contributed by atoms with Crippen molar-refractivity contribution in [3.05, 3.63) is 48.3 Å². The van der Waals surface area contributed by atoms with Gasteiger partial charge in [-0.3, -0.25) is 9.69 Å². The highest BCUT2D eigenvalue weighted by molar-refractivity contribution is 7.80. The van der Waals surface area contributed by atoms with Gasteiger partial charge in [0.15, 0.2) is 16.7 Å². The van der Waals surface area contributed by atoms with Crippen LogP contribution < -0.4 is 20.3 Å². The van der Waals surface area contributed by atoms with Crippen LogP contribution in [0.5, 0.6) is 11.5 Å². The summed E-state index contributed by atoms with van der Waals surface area (Å²) in [5.74, 6) is -0.386. The van der Waals surface area contributed by atoms with Gasteiger partial charge in [-0.25, -0.2) is 9.18 Å². The zero-order chi connectivity index (χ0) is 22.5. The zero-order valence-electron chi connectivity index (χ0n) is 17.3. The van der Waals surface area contributed by atoms with E-state index in [2.05, 4.69) is 10.6 Å². The summed E-state index contributed by atoms with van der Waals surface area (Å²) in [6, 6.07) is 10.8. The largest absolute Gasteiger partial charge is 0.454 e. The van der Waals surface area contributed by atoms with Crippen molar-refractivity contribution in [1.82, 2.24) is 10.2 Å². The lowest BCUT2D eigenvalue weighted by Crippen LogP contribution is -2.40. The summed E-state index contributed by atoms with van der Waals surface area (Å²) >= 11 is 5.15. The average Bonchev–Trinajstić information content (AvgIpc) is 3.09. The maximum absolute atomic E-state index is 14.6. The molecule has 0 bridgehead atoms. The van der Waals surface area contributed by atoms with Crippen LogP contribution in [0.1, 0.15) is 6.92 Å². The first-order valence-corrected chi connectivity index (χ1v) is 9.92. The highest BCUT2D eigenvalue weighted by Gasteiger charge is 2.32. The van der Waals surface area contributed by atoms with Gasteiger partial charge in [-0.1, -0.05) is 0 Å². The van der Waals surface area contributed by atoms with Crippen molar-refractivity contribution in [2.45, 2.75) is 13.0 Å². The minimum Gasteiger partial charge on any atom is -0.454 e. The van der Waals surface area contributed by atoms with Crippen molar-refractivity contribution in [2.75, 3.05) is 37.4 Å². The molecule has 10 heteroatoms. The predicted octanol–water partition coefficient (Wildman–Crippen LogP) is 3.34. The lowest BCUT2D eigenvalue weighted by Gasteiger charge is -2.17. The van der Waals surface area contributed by atoms with Crippen molar-refractivity contribution < 1.29 is 23.5 Å². The summed E-state index contributed by atoms with van der Waals surface area (Å²) in [4.78, 5) is 26.4. The lowest BCUT2D eigenvalue weighted by atomic mass is 10.2. The van der Waals surface area contributed by atoms with Gasteiger partial charge in [0.05, 0.1) is 18.8 Å². The first-order chi connectivity index (χ1) is 14.7. The third-order valence-corrected chi connectivity index (χ3v) is 4.90. The maximum Gasteiger partial charge on any atom is 0.414 e. The molecular formula is C21H23FN4O4S. The molecule has 3 rings (SSSR count). The smallest absolute Gasteiger partial charge is 0.414 e. The van der Waals surface area contributed by atoms with E-state index in [-0.39, 0.29) is 18.2 Å². The number of hydrogen-bond donors (Lipinski definition) is 2. The molecular weight excluding hydrogens is 423 g/mol. The Kier molecular flexibility index (Phi) is 6.91. The SMILES string of the molecule is CC(=O)Nc1ccc(Oc2ccc(N3C[C@H](CNC(=S)N(C)C)OC3=O)cc2F)cc1. The van der Waals surface area contributed by atoms with Crippen molar-refractivity contribution in [3.8, 4) is 11.5 Å². The van der Waals surface area contributed by atoms with E-state index in [1.807, 2.05) is 14.1 Å². The molecule has 1 saturated heterocycles. The fraction of sp³-hybridized carbons (Fsp3) is 0.286. The highest BCUT2D eigenvalue weighted by atomic mass is 32.1. The molecule has 2 aromatic carbocycles. The molecule has 2 aromatic rings. The number of nitrogens with one attached hydrogen (secondary N) is 2. The van der Waals surface area contributed by atoms with E-state index in [1.54, 1.807) is 35.2 Å². The van der Waals surface area contributed by atoms with E-state index < -0.39 is 18.0 Å².